The summed E-state index contributed by atoms with van der Waals surface area (Å²) < 4.78 is 15.5. The molecule has 1 heterocycles. The average molecular weight is 380 g/mol. The number of carbonyl (C=O) groups excluding carboxylic acids is 1. The molecule has 0 saturated carbocycles. The van der Waals surface area contributed by atoms with Crippen LogP contribution in [0.15, 0.2) is 54.6 Å². The Hall–Kier alpha value is -3.81. The molecule has 144 valence electrons. The Morgan fingerprint density at radius 1 is 0.750 bits per heavy atom. The first kappa shape index (κ1) is 19.0. The highest BCUT2D eigenvalue weighted by Crippen LogP contribution is 2.23. The lowest BCUT2D eigenvalue weighted by atomic mass is 10.2. The molecule has 2 aromatic carbocycles. The Morgan fingerprint density at radius 3 is 1.86 bits per heavy atom. The molecule has 0 aliphatic heterocycles. The lowest BCUT2D eigenvalue weighted by molar-refractivity contribution is 0.102. The molecule has 28 heavy (non-hydrogen) atoms. The first-order valence-electron chi connectivity index (χ1n) is 8.40. The topological polar surface area (TPSA) is 94.6 Å². The summed E-state index contributed by atoms with van der Waals surface area (Å²) >= 11 is 0. The van der Waals surface area contributed by atoms with Gasteiger partial charge in [0.15, 0.2) is 11.6 Å². The van der Waals surface area contributed by atoms with Crippen LogP contribution in [-0.4, -0.2) is 37.4 Å². The molecule has 0 radical (unpaired) electrons. The van der Waals surface area contributed by atoms with Crippen LogP contribution in [0.25, 0.3) is 0 Å². The van der Waals surface area contributed by atoms with Crippen molar-refractivity contribution in [3.8, 4) is 17.2 Å². The summed E-state index contributed by atoms with van der Waals surface area (Å²) in [6.45, 7) is 0. The predicted molar refractivity (Wildman–Crippen MR) is 106 cm³/mol. The van der Waals surface area contributed by atoms with E-state index in [4.69, 9.17) is 14.2 Å². The summed E-state index contributed by atoms with van der Waals surface area (Å²) in [5, 5.41) is 13.9. The van der Waals surface area contributed by atoms with Gasteiger partial charge in [-0.25, -0.2) is 0 Å². The summed E-state index contributed by atoms with van der Waals surface area (Å²) in [5.41, 5.74) is 1.23. The second-order valence-corrected chi connectivity index (χ2v) is 5.71. The normalized spacial score (nSPS) is 10.1. The number of amides is 1. The molecular weight excluding hydrogens is 360 g/mol. The Morgan fingerprint density at radius 2 is 1.32 bits per heavy atom. The van der Waals surface area contributed by atoms with E-state index >= 15 is 0 Å². The largest absolute Gasteiger partial charge is 0.497 e. The minimum Gasteiger partial charge on any atom is -0.497 e. The Balaban J connectivity index is 1.67. The van der Waals surface area contributed by atoms with Crippen LogP contribution in [0.5, 0.6) is 17.2 Å². The van der Waals surface area contributed by atoms with Gasteiger partial charge in [0.25, 0.3) is 5.91 Å². The number of nitrogens with one attached hydrogen (secondary N) is 2. The molecule has 3 rings (SSSR count). The van der Waals surface area contributed by atoms with Gasteiger partial charge < -0.3 is 24.8 Å². The van der Waals surface area contributed by atoms with Gasteiger partial charge in [0, 0.05) is 17.3 Å². The highest BCUT2D eigenvalue weighted by atomic mass is 16.5. The van der Waals surface area contributed by atoms with Gasteiger partial charge in [-0.2, -0.15) is 0 Å². The fourth-order valence-electron chi connectivity index (χ4n) is 2.41. The summed E-state index contributed by atoms with van der Waals surface area (Å²) in [7, 11) is 4.66. The standard InChI is InChI=1S/C20H20N4O4/c1-26-15-6-4-14(5-7-15)21-18-8-9-19(24-23-18)22-20(25)13-10-16(27-2)12-17(11-13)28-3/h4-12H,1-3H3,(H,21,23)(H,22,24,25). The van der Waals surface area contributed by atoms with Crippen LogP contribution in [0.1, 0.15) is 10.4 Å². The van der Waals surface area contributed by atoms with Crippen LogP contribution < -0.4 is 24.8 Å². The van der Waals surface area contributed by atoms with Crippen LogP contribution in [0.2, 0.25) is 0 Å². The molecule has 8 heteroatoms. The zero-order valence-corrected chi connectivity index (χ0v) is 15.7. The second kappa shape index (κ2) is 8.72. The van der Waals surface area contributed by atoms with Crippen LogP contribution in [0, 0.1) is 0 Å². The van der Waals surface area contributed by atoms with E-state index in [0.717, 1.165) is 11.4 Å². The highest BCUT2D eigenvalue weighted by molar-refractivity contribution is 6.04. The summed E-state index contributed by atoms with van der Waals surface area (Å²) in [6, 6.07) is 15.7. The Kier molecular flexibility index (Phi) is 5.91. The Bertz CT molecular complexity index is 921. The molecule has 0 saturated heterocycles. The van der Waals surface area contributed by atoms with E-state index in [9.17, 15) is 4.79 Å². The number of carbonyl (C=O) groups is 1. The van der Waals surface area contributed by atoms with Crippen molar-refractivity contribution in [2.45, 2.75) is 0 Å². The summed E-state index contributed by atoms with van der Waals surface area (Å²) in [6.07, 6.45) is 0. The minimum atomic E-state index is -0.345. The first-order valence-corrected chi connectivity index (χ1v) is 8.40. The quantitative estimate of drug-likeness (QED) is 0.648. The monoisotopic (exact) mass is 380 g/mol. The van der Waals surface area contributed by atoms with Gasteiger partial charge in [-0.1, -0.05) is 0 Å². The molecular formula is C20H20N4O4. The van der Waals surface area contributed by atoms with Gasteiger partial charge in [-0.15, -0.1) is 10.2 Å². The van der Waals surface area contributed by atoms with Gasteiger partial charge in [-0.3, -0.25) is 4.79 Å². The highest BCUT2D eigenvalue weighted by Gasteiger charge is 2.11. The van der Waals surface area contributed by atoms with Crippen molar-refractivity contribution in [1.29, 1.82) is 0 Å². The van der Waals surface area contributed by atoms with Gasteiger partial charge >= 0.3 is 0 Å². The number of aromatic nitrogens is 2. The molecule has 3 aromatic rings. The molecule has 0 spiro atoms. The molecule has 0 aliphatic rings. The van der Waals surface area contributed by atoms with Gasteiger partial charge in [0.1, 0.15) is 17.2 Å². The number of methoxy groups -OCH3 is 3. The van der Waals surface area contributed by atoms with E-state index in [2.05, 4.69) is 20.8 Å². The van der Waals surface area contributed by atoms with Crippen LogP contribution in [0.4, 0.5) is 17.3 Å². The van der Waals surface area contributed by atoms with E-state index in [0.29, 0.717) is 28.7 Å². The van der Waals surface area contributed by atoms with E-state index in [-0.39, 0.29) is 5.91 Å². The smallest absolute Gasteiger partial charge is 0.257 e. The van der Waals surface area contributed by atoms with E-state index in [1.165, 1.54) is 14.2 Å². The van der Waals surface area contributed by atoms with Crippen molar-refractivity contribution in [3.63, 3.8) is 0 Å². The number of anilines is 3. The van der Waals surface area contributed by atoms with E-state index in [1.807, 2.05) is 24.3 Å². The maximum atomic E-state index is 12.5. The third-order valence-electron chi connectivity index (χ3n) is 3.88. The SMILES string of the molecule is COc1ccc(Nc2ccc(NC(=O)c3cc(OC)cc(OC)c3)nn2)cc1. The maximum Gasteiger partial charge on any atom is 0.257 e. The van der Waals surface area contributed by atoms with Crippen LogP contribution in [0.3, 0.4) is 0 Å². The van der Waals surface area contributed by atoms with Crippen LogP contribution >= 0.6 is 0 Å². The zero-order chi connectivity index (χ0) is 19.9. The fraction of sp³-hybridized carbons (Fsp3) is 0.150. The molecule has 0 bridgehead atoms. The fourth-order valence-corrected chi connectivity index (χ4v) is 2.41. The molecule has 0 fully saturated rings. The predicted octanol–water partition coefficient (Wildman–Crippen LogP) is 3.50. The number of nitrogens with zero attached hydrogens (tertiary/aromatic N) is 2. The molecule has 2 N–H and O–H groups in total. The third kappa shape index (κ3) is 4.67. The number of benzene rings is 2. The van der Waals surface area contributed by atoms with E-state index in [1.54, 1.807) is 37.4 Å². The minimum absolute atomic E-state index is 0.326. The average Bonchev–Trinajstić information content (AvgIpc) is 2.75. The maximum absolute atomic E-state index is 12.5. The third-order valence-corrected chi connectivity index (χ3v) is 3.88. The lowest BCUT2D eigenvalue weighted by Gasteiger charge is -2.09. The molecule has 1 amide bonds. The van der Waals surface area contributed by atoms with Crippen molar-refractivity contribution in [2.75, 3.05) is 32.0 Å². The van der Waals surface area contributed by atoms with Gasteiger partial charge in [0.2, 0.25) is 0 Å². The number of ether oxygens (including phenoxy) is 3. The molecule has 0 unspecified atom stereocenters. The number of hydrogen-bond acceptors (Lipinski definition) is 7. The van der Waals surface area contributed by atoms with Gasteiger partial charge in [0.05, 0.1) is 21.3 Å². The van der Waals surface area contributed by atoms with Gasteiger partial charge in [-0.05, 0) is 48.5 Å². The molecule has 8 nitrogen and oxygen atoms in total. The van der Waals surface area contributed by atoms with E-state index < -0.39 is 0 Å². The summed E-state index contributed by atoms with van der Waals surface area (Å²) in [5.74, 6) is 2.34. The van der Waals surface area contributed by atoms with Crippen molar-refractivity contribution < 1.29 is 19.0 Å². The number of rotatable bonds is 7. The Labute approximate surface area is 162 Å². The van der Waals surface area contributed by atoms with Crippen molar-refractivity contribution in [1.82, 2.24) is 10.2 Å². The molecule has 0 aliphatic carbocycles. The second-order valence-electron chi connectivity index (χ2n) is 5.71. The zero-order valence-electron chi connectivity index (χ0n) is 15.7. The summed E-state index contributed by atoms with van der Waals surface area (Å²) in [4.78, 5) is 12.5. The van der Waals surface area contributed by atoms with Crippen molar-refractivity contribution in [2.24, 2.45) is 0 Å². The first-order chi connectivity index (χ1) is 13.6. The van der Waals surface area contributed by atoms with Crippen molar-refractivity contribution >= 4 is 23.2 Å². The lowest BCUT2D eigenvalue weighted by Crippen LogP contribution is -2.14. The van der Waals surface area contributed by atoms with Crippen molar-refractivity contribution in [3.05, 3.63) is 60.2 Å². The molecule has 1 aromatic heterocycles. The number of hydrogen-bond donors (Lipinski definition) is 2. The molecule has 0 atom stereocenters. The van der Waals surface area contributed by atoms with Crippen LogP contribution in [-0.2, 0) is 0 Å².